The van der Waals surface area contributed by atoms with E-state index in [0.29, 0.717) is 17.0 Å². The summed E-state index contributed by atoms with van der Waals surface area (Å²) in [6, 6.07) is 3.29. The van der Waals surface area contributed by atoms with Gasteiger partial charge in [-0.3, -0.25) is 19.6 Å². The molecule has 2 aromatic rings. The van der Waals surface area contributed by atoms with E-state index in [4.69, 9.17) is 0 Å². The van der Waals surface area contributed by atoms with Crippen molar-refractivity contribution in [1.82, 2.24) is 9.78 Å². The molecule has 2 rings (SSSR count). The zero-order valence-electron chi connectivity index (χ0n) is 11.9. The van der Waals surface area contributed by atoms with Crippen LogP contribution < -0.4 is 0 Å². The number of aryl methyl sites for hydroxylation is 1. The summed E-state index contributed by atoms with van der Waals surface area (Å²) in [7, 11) is 0. The number of carbonyl (C=O) groups excluding carboxylic acids is 1. The first-order chi connectivity index (χ1) is 9.81. The number of halogens is 1. The van der Waals surface area contributed by atoms with E-state index in [1.807, 2.05) is 0 Å². The first-order valence-electron chi connectivity index (χ1n) is 6.29. The number of hydrogen-bond donors (Lipinski definition) is 0. The Labute approximate surface area is 120 Å². The zero-order valence-corrected chi connectivity index (χ0v) is 11.9. The first kappa shape index (κ1) is 14.8. The number of benzene rings is 1. The van der Waals surface area contributed by atoms with E-state index in [1.165, 1.54) is 11.6 Å². The summed E-state index contributed by atoms with van der Waals surface area (Å²) in [4.78, 5) is 22.0. The van der Waals surface area contributed by atoms with Crippen molar-refractivity contribution in [2.75, 3.05) is 0 Å². The van der Waals surface area contributed by atoms with Crippen LogP contribution in [0.1, 0.15) is 34.2 Å². The van der Waals surface area contributed by atoms with E-state index >= 15 is 0 Å². The second kappa shape index (κ2) is 5.43. The molecular weight excluding hydrogens is 277 g/mol. The van der Waals surface area contributed by atoms with E-state index in [0.717, 1.165) is 18.2 Å². The molecule has 0 amide bonds. The fourth-order valence-corrected chi connectivity index (χ4v) is 2.38. The van der Waals surface area contributed by atoms with Crippen molar-refractivity contribution < 1.29 is 14.1 Å². The van der Waals surface area contributed by atoms with E-state index in [2.05, 4.69) is 5.10 Å². The van der Waals surface area contributed by atoms with Gasteiger partial charge in [0.1, 0.15) is 5.82 Å². The number of aromatic nitrogens is 2. The third-order valence-electron chi connectivity index (χ3n) is 3.29. The van der Waals surface area contributed by atoms with Crippen LogP contribution >= 0.6 is 0 Å². The Kier molecular flexibility index (Phi) is 3.84. The molecule has 0 spiro atoms. The third-order valence-corrected chi connectivity index (χ3v) is 3.29. The molecule has 110 valence electrons. The lowest BCUT2D eigenvalue weighted by Crippen LogP contribution is -2.07. The molecule has 6 nitrogen and oxygen atoms in total. The van der Waals surface area contributed by atoms with Crippen molar-refractivity contribution >= 4 is 11.5 Å². The van der Waals surface area contributed by atoms with Crippen LogP contribution in [0.3, 0.4) is 0 Å². The van der Waals surface area contributed by atoms with Crippen molar-refractivity contribution in [3.63, 3.8) is 0 Å². The minimum atomic E-state index is -0.563. The van der Waals surface area contributed by atoms with Crippen LogP contribution in [0.2, 0.25) is 0 Å². The molecule has 0 saturated heterocycles. The largest absolute Gasteiger partial charge is 0.294 e. The Morgan fingerprint density at radius 2 is 2.10 bits per heavy atom. The summed E-state index contributed by atoms with van der Waals surface area (Å²) in [6.07, 6.45) is 0. The topological polar surface area (TPSA) is 78.0 Å². The minimum absolute atomic E-state index is 0.0357. The molecule has 1 aromatic heterocycles. The van der Waals surface area contributed by atoms with Crippen LogP contribution in [-0.2, 0) is 6.54 Å². The van der Waals surface area contributed by atoms with Gasteiger partial charge in [0.2, 0.25) is 0 Å². The van der Waals surface area contributed by atoms with Gasteiger partial charge in [0, 0.05) is 11.8 Å². The lowest BCUT2D eigenvalue weighted by atomic mass is 10.1. The Bertz CT molecular complexity index is 737. The summed E-state index contributed by atoms with van der Waals surface area (Å²) in [5, 5.41) is 15.2. The molecule has 0 atom stereocenters. The average molecular weight is 291 g/mol. The maximum absolute atomic E-state index is 13.3. The van der Waals surface area contributed by atoms with Crippen LogP contribution in [0.5, 0.6) is 0 Å². The molecule has 0 unspecified atom stereocenters. The van der Waals surface area contributed by atoms with Crippen LogP contribution in [0.25, 0.3) is 0 Å². The lowest BCUT2D eigenvalue weighted by molar-refractivity contribution is -0.385. The highest BCUT2D eigenvalue weighted by molar-refractivity contribution is 5.96. The highest BCUT2D eigenvalue weighted by Crippen LogP contribution is 2.22. The summed E-state index contributed by atoms with van der Waals surface area (Å²) < 4.78 is 14.8. The highest BCUT2D eigenvalue weighted by Gasteiger charge is 2.19. The quantitative estimate of drug-likeness (QED) is 0.493. The van der Waals surface area contributed by atoms with Crippen LogP contribution in [0, 0.1) is 29.8 Å². The Morgan fingerprint density at radius 3 is 2.62 bits per heavy atom. The zero-order chi connectivity index (χ0) is 15.7. The van der Waals surface area contributed by atoms with Crippen molar-refractivity contribution in [2.45, 2.75) is 27.3 Å². The van der Waals surface area contributed by atoms with Gasteiger partial charge in [-0.05, 0) is 32.9 Å². The number of nitro groups is 1. The highest BCUT2D eigenvalue weighted by atomic mass is 19.1. The smallest absolute Gasteiger partial charge is 0.274 e. The van der Waals surface area contributed by atoms with Gasteiger partial charge in [-0.1, -0.05) is 0 Å². The first-order valence-corrected chi connectivity index (χ1v) is 6.29. The number of nitrogens with zero attached hydrogens (tertiary/aromatic N) is 3. The molecule has 0 aliphatic heterocycles. The van der Waals surface area contributed by atoms with Gasteiger partial charge in [-0.15, -0.1) is 0 Å². The third kappa shape index (κ3) is 2.81. The molecule has 0 bridgehead atoms. The molecule has 0 N–H and O–H groups in total. The monoisotopic (exact) mass is 291 g/mol. The number of Topliss-reactive ketones (excluding diaryl/α,β-unsaturated/α-hetero) is 1. The molecule has 0 aliphatic carbocycles. The Morgan fingerprint density at radius 1 is 1.43 bits per heavy atom. The molecule has 7 heteroatoms. The predicted octanol–water partition coefficient (Wildman–Crippen LogP) is 2.80. The van der Waals surface area contributed by atoms with Crippen molar-refractivity contribution in [3.8, 4) is 0 Å². The van der Waals surface area contributed by atoms with Crippen LogP contribution in [0.15, 0.2) is 18.2 Å². The number of rotatable bonds is 4. The van der Waals surface area contributed by atoms with Crippen molar-refractivity contribution in [3.05, 3.63) is 56.6 Å². The van der Waals surface area contributed by atoms with Gasteiger partial charge < -0.3 is 0 Å². The van der Waals surface area contributed by atoms with Crippen molar-refractivity contribution in [2.24, 2.45) is 0 Å². The van der Waals surface area contributed by atoms with E-state index in [1.54, 1.807) is 13.8 Å². The second-order valence-electron chi connectivity index (χ2n) is 4.79. The fraction of sp³-hybridized carbons (Fsp3) is 0.286. The van der Waals surface area contributed by atoms with Gasteiger partial charge in [-0.2, -0.15) is 5.10 Å². The predicted molar refractivity (Wildman–Crippen MR) is 73.9 cm³/mol. The van der Waals surface area contributed by atoms with Crippen molar-refractivity contribution in [1.29, 1.82) is 0 Å². The van der Waals surface area contributed by atoms with E-state index < -0.39 is 10.7 Å². The summed E-state index contributed by atoms with van der Waals surface area (Å²) >= 11 is 0. The minimum Gasteiger partial charge on any atom is -0.294 e. The fourth-order valence-electron chi connectivity index (χ4n) is 2.38. The maximum Gasteiger partial charge on any atom is 0.274 e. The number of nitro benzene ring substituents is 1. The number of ketones is 1. The van der Waals surface area contributed by atoms with Gasteiger partial charge >= 0.3 is 0 Å². The van der Waals surface area contributed by atoms with Gasteiger partial charge in [0.15, 0.2) is 5.78 Å². The number of carbonyl (C=O) groups is 1. The molecule has 0 fully saturated rings. The number of hydrogen-bond acceptors (Lipinski definition) is 4. The van der Waals surface area contributed by atoms with Gasteiger partial charge in [0.25, 0.3) is 5.69 Å². The molecule has 1 aromatic carbocycles. The summed E-state index contributed by atoms with van der Waals surface area (Å²) in [6.45, 7) is 4.88. The molecule has 1 heterocycles. The molecule has 21 heavy (non-hydrogen) atoms. The molecule has 0 aliphatic rings. The second-order valence-corrected chi connectivity index (χ2v) is 4.79. The Hall–Kier alpha value is -2.57. The average Bonchev–Trinajstić information content (AvgIpc) is 2.64. The molecular formula is C14H14FN3O3. The standard InChI is InChI=1S/C14H14FN3O3/c1-8-14(10(3)19)9(2)17(16-8)7-11-6-12(15)4-5-13(11)18(20)21/h4-6H,7H2,1-3H3. The summed E-state index contributed by atoms with van der Waals surface area (Å²) in [5.74, 6) is -0.672. The molecule has 0 radical (unpaired) electrons. The molecule has 0 saturated carbocycles. The van der Waals surface area contributed by atoms with Gasteiger partial charge in [-0.25, -0.2) is 4.39 Å². The normalized spacial score (nSPS) is 10.7. The van der Waals surface area contributed by atoms with Gasteiger partial charge in [0.05, 0.1) is 28.3 Å². The lowest BCUT2D eigenvalue weighted by Gasteiger charge is -2.06. The van der Waals surface area contributed by atoms with E-state index in [-0.39, 0.29) is 23.6 Å². The van der Waals surface area contributed by atoms with Crippen LogP contribution in [-0.4, -0.2) is 20.5 Å². The SMILES string of the molecule is CC(=O)c1c(C)nn(Cc2cc(F)ccc2[N+](=O)[O-])c1C. The van der Waals surface area contributed by atoms with Crippen LogP contribution in [0.4, 0.5) is 10.1 Å². The van der Waals surface area contributed by atoms with E-state index in [9.17, 15) is 19.3 Å². The maximum atomic E-state index is 13.3. The Balaban J connectivity index is 2.48. The summed E-state index contributed by atoms with van der Waals surface area (Å²) in [5.41, 5.74) is 1.70.